The maximum Gasteiger partial charge on any atom is 0.258 e. The highest BCUT2D eigenvalue weighted by Crippen LogP contribution is 2.15. The molecule has 0 saturated heterocycles. The van der Waals surface area contributed by atoms with Crippen molar-refractivity contribution in [2.24, 2.45) is 7.05 Å². The molecule has 2 aromatic rings. The first kappa shape index (κ1) is 12.3. The third-order valence-electron chi connectivity index (χ3n) is 2.36. The second-order valence-electron chi connectivity index (χ2n) is 3.68. The quantitative estimate of drug-likeness (QED) is 0.897. The van der Waals surface area contributed by atoms with Crippen LogP contribution < -0.4 is 10.9 Å². The molecule has 6 heteroatoms. The summed E-state index contributed by atoms with van der Waals surface area (Å²) in [4.78, 5) is 26.9. The Morgan fingerprint density at radius 2 is 2.17 bits per heavy atom. The van der Waals surface area contributed by atoms with Crippen LogP contribution in [0.25, 0.3) is 0 Å². The number of anilines is 1. The molecule has 0 bridgehead atoms. The molecule has 0 radical (unpaired) electrons. The van der Waals surface area contributed by atoms with Gasteiger partial charge in [-0.2, -0.15) is 0 Å². The van der Waals surface area contributed by atoms with Crippen molar-refractivity contribution >= 4 is 23.2 Å². The van der Waals surface area contributed by atoms with E-state index in [4.69, 9.17) is 11.6 Å². The minimum absolute atomic E-state index is 0.146. The summed E-state index contributed by atoms with van der Waals surface area (Å²) in [7, 11) is 1.61. The predicted molar refractivity (Wildman–Crippen MR) is 68.9 cm³/mol. The Morgan fingerprint density at radius 1 is 1.39 bits per heavy atom. The monoisotopic (exact) mass is 263 g/mol. The second-order valence-corrected chi connectivity index (χ2v) is 4.08. The fourth-order valence-electron chi connectivity index (χ4n) is 1.41. The van der Waals surface area contributed by atoms with Gasteiger partial charge in [-0.15, -0.1) is 0 Å². The lowest BCUT2D eigenvalue weighted by atomic mass is 10.2. The van der Waals surface area contributed by atoms with Gasteiger partial charge in [0.05, 0.1) is 16.3 Å². The molecular formula is C12H10ClN3O2. The molecule has 0 fully saturated rings. The van der Waals surface area contributed by atoms with Crippen molar-refractivity contribution in [2.75, 3.05) is 5.32 Å². The second kappa shape index (κ2) is 5.01. The fraction of sp³-hybridized carbons (Fsp3) is 0.0833. The maximum absolute atomic E-state index is 11.9. The lowest BCUT2D eigenvalue weighted by Crippen LogP contribution is -2.18. The summed E-state index contributed by atoms with van der Waals surface area (Å²) in [6, 6.07) is 4.45. The van der Waals surface area contributed by atoms with Crippen LogP contribution >= 0.6 is 11.6 Å². The summed E-state index contributed by atoms with van der Waals surface area (Å²) in [6.45, 7) is 0. The van der Waals surface area contributed by atoms with E-state index in [1.54, 1.807) is 7.05 Å². The number of carbonyl (C=O) groups is 1. The van der Waals surface area contributed by atoms with Gasteiger partial charge in [0.15, 0.2) is 0 Å². The number of aryl methyl sites for hydroxylation is 1. The smallest absolute Gasteiger partial charge is 0.258 e. The summed E-state index contributed by atoms with van der Waals surface area (Å²) in [5, 5.41) is 2.97. The topological polar surface area (TPSA) is 64.0 Å². The predicted octanol–water partition coefficient (Wildman–Crippen LogP) is 1.69. The molecule has 2 aromatic heterocycles. The Labute approximate surface area is 108 Å². The molecule has 0 unspecified atom stereocenters. The van der Waals surface area contributed by atoms with E-state index < -0.39 is 0 Å². The number of nitrogens with zero attached hydrogens (tertiary/aromatic N) is 2. The summed E-state index contributed by atoms with van der Waals surface area (Å²) >= 11 is 5.89. The van der Waals surface area contributed by atoms with Gasteiger partial charge in [0, 0.05) is 31.7 Å². The van der Waals surface area contributed by atoms with E-state index in [1.807, 2.05) is 0 Å². The molecule has 2 rings (SSSR count). The van der Waals surface area contributed by atoms with E-state index in [-0.39, 0.29) is 17.0 Å². The number of hydrogen-bond acceptors (Lipinski definition) is 3. The molecule has 0 aromatic carbocycles. The standard InChI is InChI=1S/C12H10ClN3O2/c1-16-7-8(2-3-11(16)17)15-12(18)9-6-14-5-4-10(9)13/h2-7H,1H3,(H,15,18). The Morgan fingerprint density at radius 3 is 2.83 bits per heavy atom. The van der Waals surface area contributed by atoms with Crippen LogP contribution in [0.3, 0.4) is 0 Å². The van der Waals surface area contributed by atoms with E-state index >= 15 is 0 Å². The number of rotatable bonds is 2. The lowest BCUT2D eigenvalue weighted by Gasteiger charge is -2.07. The van der Waals surface area contributed by atoms with E-state index in [0.717, 1.165) is 0 Å². The number of aromatic nitrogens is 2. The third kappa shape index (κ3) is 2.57. The van der Waals surface area contributed by atoms with Gasteiger partial charge in [0.1, 0.15) is 0 Å². The van der Waals surface area contributed by atoms with Gasteiger partial charge < -0.3 is 9.88 Å². The molecule has 0 saturated carbocycles. The largest absolute Gasteiger partial charge is 0.321 e. The van der Waals surface area contributed by atoms with Crippen LogP contribution in [0.2, 0.25) is 5.02 Å². The van der Waals surface area contributed by atoms with Gasteiger partial charge >= 0.3 is 0 Å². The Kier molecular flexibility index (Phi) is 3.43. The summed E-state index contributed by atoms with van der Waals surface area (Å²) in [5.41, 5.74) is 0.655. The molecule has 18 heavy (non-hydrogen) atoms. The van der Waals surface area contributed by atoms with Gasteiger partial charge in [-0.1, -0.05) is 11.6 Å². The van der Waals surface area contributed by atoms with Crippen molar-refractivity contribution in [1.29, 1.82) is 0 Å². The van der Waals surface area contributed by atoms with Gasteiger partial charge in [-0.05, 0) is 12.1 Å². The first-order valence-electron chi connectivity index (χ1n) is 5.15. The Balaban J connectivity index is 2.24. The number of pyridine rings is 2. The zero-order chi connectivity index (χ0) is 13.1. The molecule has 0 spiro atoms. The highest BCUT2D eigenvalue weighted by Gasteiger charge is 2.10. The molecule has 5 nitrogen and oxygen atoms in total. The molecule has 92 valence electrons. The number of nitrogens with one attached hydrogen (secondary N) is 1. The van der Waals surface area contributed by atoms with Gasteiger partial charge in [0.2, 0.25) is 5.56 Å². The molecule has 1 N–H and O–H groups in total. The van der Waals surface area contributed by atoms with Gasteiger partial charge in [-0.3, -0.25) is 14.6 Å². The summed E-state index contributed by atoms with van der Waals surface area (Å²) < 4.78 is 1.38. The Bertz CT molecular complexity index is 652. The zero-order valence-electron chi connectivity index (χ0n) is 9.55. The van der Waals surface area contributed by atoms with E-state index in [2.05, 4.69) is 10.3 Å². The van der Waals surface area contributed by atoms with E-state index in [1.165, 1.54) is 41.4 Å². The molecular weight excluding hydrogens is 254 g/mol. The van der Waals surface area contributed by atoms with Crippen molar-refractivity contribution < 1.29 is 4.79 Å². The molecule has 0 aliphatic rings. The molecule has 2 heterocycles. The average Bonchev–Trinajstić information content (AvgIpc) is 2.34. The first-order valence-corrected chi connectivity index (χ1v) is 5.53. The Hall–Kier alpha value is -2.14. The van der Waals surface area contributed by atoms with E-state index in [9.17, 15) is 9.59 Å². The van der Waals surface area contributed by atoms with Crippen molar-refractivity contribution in [3.05, 3.63) is 57.7 Å². The molecule has 0 aliphatic carbocycles. The number of amides is 1. The number of halogens is 1. The maximum atomic E-state index is 11.9. The SMILES string of the molecule is Cn1cc(NC(=O)c2cnccc2Cl)ccc1=O. The van der Waals surface area contributed by atoms with Crippen molar-refractivity contribution in [1.82, 2.24) is 9.55 Å². The van der Waals surface area contributed by atoms with Crippen LogP contribution in [0.4, 0.5) is 5.69 Å². The van der Waals surface area contributed by atoms with Gasteiger partial charge in [-0.25, -0.2) is 0 Å². The minimum Gasteiger partial charge on any atom is -0.321 e. The first-order chi connectivity index (χ1) is 8.58. The van der Waals surface area contributed by atoms with Crippen molar-refractivity contribution in [3.8, 4) is 0 Å². The number of carbonyl (C=O) groups excluding carboxylic acids is 1. The van der Waals surface area contributed by atoms with Crippen LogP contribution in [0.5, 0.6) is 0 Å². The third-order valence-corrected chi connectivity index (χ3v) is 2.69. The minimum atomic E-state index is -0.369. The van der Waals surface area contributed by atoms with Crippen LogP contribution in [0, 0.1) is 0 Å². The fourth-order valence-corrected chi connectivity index (χ4v) is 1.60. The average molecular weight is 264 g/mol. The highest BCUT2D eigenvalue weighted by atomic mass is 35.5. The number of hydrogen-bond donors (Lipinski definition) is 1. The molecule has 0 aliphatic heterocycles. The normalized spacial score (nSPS) is 10.1. The lowest BCUT2D eigenvalue weighted by molar-refractivity contribution is 0.102. The van der Waals surface area contributed by atoms with E-state index in [0.29, 0.717) is 10.7 Å². The van der Waals surface area contributed by atoms with Crippen LogP contribution in [0.15, 0.2) is 41.6 Å². The van der Waals surface area contributed by atoms with Crippen molar-refractivity contribution in [2.45, 2.75) is 0 Å². The highest BCUT2D eigenvalue weighted by molar-refractivity contribution is 6.34. The summed E-state index contributed by atoms with van der Waals surface area (Å²) in [6.07, 6.45) is 4.43. The molecule has 1 amide bonds. The van der Waals surface area contributed by atoms with Crippen LogP contribution in [-0.4, -0.2) is 15.5 Å². The van der Waals surface area contributed by atoms with Gasteiger partial charge in [0.25, 0.3) is 5.91 Å². The summed E-state index contributed by atoms with van der Waals surface area (Å²) in [5.74, 6) is -0.369. The molecule has 0 atom stereocenters. The zero-order valence-corrected chi connectivity index (χ0v) is 10.3. The van der Waals surface area contributed by atoms with Crippen LogP contribution in [0.1, 0.15) is 10.4 Å². The van der Waals surface area contributed by atoms with Crippen molar-refractivity contribution in [3.63, 3.8) is 0 Å². The van der Waals surface area contributed by atoms with Crippen LogP contribution in [-0.2, 0) is 7.05 Å².